The van der Waals surface area contributed by atoms with Gasteiger partial charge in [-0.25, -0.2) is 0 Å². The summed E-state index contributed by atoms with van der Waals surface area (Å²) in [5.41, 5.74) is -0.672. The molecule has 0 aromatic heterocycles. The molecule has 1 aliphatic rings. The lowest BCUT2D eigenvalue weighted by Gasteiger charge is -2.38. The average molecular weight is 363 g/mol. The van der Waals surface area contributed by atoms with Crippen LogP contribution in [0.1, 0.15) is 65.7 Å². The molecule has 0 amide bonds. The fraction of sp³-hybridized carbons (Fsp3) is 0.789. The molecular weight excluding hydrogens is 330 g/mol. The predicted molar refractivity (Wildman–Crippen MR) is 99.8 cm³/mol. The number of alkyl halides is 3. The maximum atomic E-state index is 13.4. The smallest absolute Gasteiger partial charge is 0.282 e. The zero-order chi connectivity index (χ0) is 18.0. The lowest BCUT2D eigenvalue weighted by atomic mass is 10.0. The van der Waals surface area contributed by atoms with E-state index in [1.54, 1.807) is 6.08 Å². The van der Waals surface area contributed by atoms with E-state index in [-0.39, 0.29) is 11.2 Å². The summed E-state index contributed by atoms with van der Waals surface area (Å²) in [7, 11) is -0.777. The highest BCUT2D eigenvalue weighted by Gasteiger charge is 2.42. The zero-order valence-electron chi connectivity index (χ0n) is 15.4. The van der Waals surface area contributed by atoms with Crippen molar-refractivity contribution in [3.63, 3.8) is 0 Å². The molecular formula is C19H33F3NP. The maximum absolute atomic E-state index is 13.4. The third-order valence-corrected chi connectivity index (χ3v) is 7.93. The van der Waals surface area contributed by atoms with Crippen molar-refractivity contribution in [1.29, 1.82) is 0 Å². The molecule has 1 aliphatic carbocycles. The van der Waals surface area contributed by atoms with Gasteiger partial charge in [-0.1, -0.05) is 71.1 Å². The van der Waals surface area contributed by atoms with Crippen LogP contribution in [0.3, 0.4) is 0 Å². The number of nitrogens with zero attached hydrogens (tertiary/aromatic N) is 1. The fourth-order valence-electron chi connectivity index (χ4n) is 3.32. The SMILES string of the molecule is CCCCCCCC[P@](C1CC=CC=C1C(F)(F)F)N(CC)CC. The maximum Gasteiger partial charge on any atom is 0.413 e. The molecule has 2 atom stereocenters. The van der Waals surface area contributed by atoms with Crippen LogP contribution in [0.5, 0.6) is 0 Å². The van der Waals surface area contributed by atoms with Crippen molar-refractivity contribution in [2.75, 3.05) is 19.3 Å². The molecule has 0 fully saturated rings. The fourth-order valence-corrected chi connectivity index (χ4v) is 6.50. The number of unbranched alkanes of at least 4 members (excludes halogenated alkanes) is 5. The highest BCUT2D eigenvalue weighted by molar-refractivity contribution is 7.56. The molecule has 1 nitrogen and oxygen atoms in total. The molecule has 0 radical (unpaired) electrons. The average Bonchev–Trinajstić information content (AvgIpc) is 2.56. The van der Waals surface area contributed by atoms with Crippen molar-refractivity contribution < 1.29 is 13.2 Å². The van der Waals surface area contributed by atoms with E-state index in [1.165, 1.54) is 31.8 Å². The molecule has 5 heteroatoms. The Morgan fingerprint density at radius 2 is 1.67 bits per heavy atom. The van der Waals surface area contributed by atoms with Gasteiger partial charge in [-0.05, 0) is 40.2 Å². The van der Waals surface area contributed by atoms with Crippen molar-refractivity contribution in [1.82, 2.24) is 4.67 Å². The van der Waals surface area contributed by atoms with E-state index in [0.717, 1.165) is 32.1 Å². The number of hydrogen-bond donors (Lipinski definition) is 0. The minimum atomic E-state index is -4.20. The summed E-state index contributed by atoms with van der Waals surface area (Å²) in [5.74, 6) is 0. The van der Waals surface area contributed by atoms with Gasteiger partial charge < -0.3 is 0 Å². The summed E-state index contributed by atoms with van der Waals surface area (Å²) in [6.45, 7) is 8.00. The first-order valence-corrected chi connectivity index (χ1v) is 11.0. The summed E-state index contributed by atoms with van der Waals surface area (Å²) in [6.07, 6.45) is 9.17. The molecule has 0 aromatic carbocycles. The van der Waals surface area contributed by atoms with Gasteiger partial charge in [-0.15, -0.1) is 0 Å². The van der Waals surface area contributed by atoms with Gasteiger partial charge in [0.25, 0.3) is 0 Å². The molecule has 1 rings (SSSR count). The summed E-state index contributed by atoms with van der Waals surface area (Å²) < 4.78 is 42.6. The van der Waals surface area contributed by atoms with Crippen molar-refractivity contribution >= 4 is 8.07 Å². The van der Waals surface area contributed by atoms with Crippen LogP contribution in [-0.4, -0.2) is 35.8 Å². The Labute approximate surface area is 147 Å². The Hall–Kier alpha value is -0.340. The third kappa shape index (κ3) is 6.88. The molecule has 0 aromatic rings. The third-order valence-electron chi connectivity index (χ3n) is 4.65. The van der Waals surface area contributed by atoms with Crippen LogP contribution in [0, 0.1) is 0 Å². The van der Waals surface area contributed by atoms with E-state index < -0.39 is 14.2 Å². The number of hydrogen-bond acceptors (Lipinski definition) is 1. The van der Waals surface area contributed by atoms with Gasteiger partial charge >= 0.3 is 6.18 Å². The minimum Gasteiger partial charge on any atom is -0.282 e. The molecule has 0 saturated carbocycles. The van der Waals surface area contributed by atoms with Crippen LogP contribution < -0.4 is 0 Å². The monoisotopic (exact) mass is 363 g/mol. The van der Waals surface area contributed by atoms with Crippen molar-refractivity contribution in [2.45, 2.75) is 77.6 Å². The van der Waals surface area contributed by atoms with Crippen LogP contribution in [0.15, 0.2) is 23.8 Å². The molecule has 0 N–H and O–H groups in total. The molecule has 0 bridgehead atoms. The van der Waals surface area contributed by atoms with Crippen molar-refractivity contribution in [3.8, 4) is 0 Å². The van der Waals surface area contributed by atoms with Crippen LogP contribution in [-0.2, 0) is 0 Å². The number of allylic oxidation sites excluding steroid dienone is 4. The summed E-state index contributed by atoms with van der Waals surface area (Å²) in [5, 5.41) is 0. The highest BCUT2D eigenvalue weighted by atomic mass is 31.1. The normalized spacial score (nSPS) is 19.6. The van der Waals surface area contributed by atoms with Crippen molar-refractivity contribution in [2.24, 2.45) is 0 Å². The number of halogens is 3. The predicted octanol–water partition coefficient (Wildman–Crippen LogP) is 6.90. The van der Waals surface area contributed by atoms with E-state index in [0.29, 0.717) is 6.42 Å². The van der Waals surface area contributed by atoms with Crippen LogP contribution >= 0.6 is 8.07 Å². The quantitative estimate of drug-likeness (QED) is 0.285. The molecule has 140 valence electrons. The van der Waals surface area contributed by atoms with Crippen LogP contribution in [0.4, 0.5) is 13.2 Å². The van der Waals surface area contributed by atoms with Crippen LogP contribution in [0.2, 0.25) is 0 Å². The van der Waals surface area contributed by atoms with Gasteiger partial charge in [0.2, 0.25) is 0 Å². The topological polar surface area (TPSA) is 3.24 Å². The van der Waals surface area contributed by atoms with E-state index in [4.69, 9.17) is 0 Å². The van der Waals surface area contributed by atoms with Gasteiger partial charge in [-0.3, -0.25) is 4.67 Å². The van der Waals surface area contributed by atoms with Gasteiger partial charge in [-0.2, -0.15) is 13.2 Å². The minimum absolute atomic E-state index is 0.311. The Morgan fingerprint density at radius 1 is 1.04 bits per heavy atom. The molecule has 0 aliphatic heterocycles. The summed E-state index contributed by atoms with van der Waals surface area (Å²) in [6, 6.07) is 0. The Bertz CT molecular complexity index is 400. The molecule has 0 saturated heterocycles. The molecule has 0 spiro atoms. The first-order valence-electron chi connectivity index (χ1n) is 9.41. The van der Waals surface area contributed by atoms with Gasteiger partial charge in [0.15, 0.2) is 0 Å². The van der Waals surface area contributed by atoms with Crippen LogP contribution in [0.25, 0.3) is 0 Å². The lowest BCUT2D eigenvalue weighted by molar-refractivity contribution is -0.0936. The second kappa shape index (κ2) is 11.3. The molecule has 0 heterocycles. The zero-order valence-corrected chi connectivity index (χ0v) is 16.3. The highest BCUT2D eigenvalue weighted by Crippen LogP contribution is 2.54. The van der Waals surface area contributed by atoms with E-state index in [2.05, 4.69) is 25.4 Å². The Kier molecular flexibility index (Phi) is 10.2. The Morgan fingerprint density at radius 3 is 2.25 bits per heavy atom. The number of rotatable bonds is 11. The second-order valence-electron chi connectivity index (χ2n) is 6.37. The van der Waals surface area contributed by atoms with Gasteiger partial charge in [0.05, 0.1) is 0 Å². The Balaban J connectivity index is 2.74. The van der Waals surface area contributed by atoms with Gasteiger partial charge in [0, 0.05) is 11.2 Å². The molecule has 24 heavy (non-hydrogen) atoms. The molecule has 1 unspecified atom stereocenters. The summed E-state index contributed by atoms with van der Waals surface area (Å²) in [4.78, 5) is 0. The van der Waals surface area contributed by atoms with Gasteiger partial charge in [0.1, 0.15) is 0 Å². The first kappa shape index (κ1) is 21.7. The largest absolute Gasteiger partial charge is 0.413 e. The summed E-state index contributed by atoms with van der Waals surface area (Å²) >= 11 is 0. The standard InChI is InChI=1S/C19H33F3NP/c1-4-7-8-9-10-13-16-24(23(5-2)6-3)18-15-12-11-14-17(18)19(20,21)22/h11-12,14,18H,4-10,13,15-16H2,1-3H3/t18?,24-/m1/s1. The van der Waals surface area contributed by atoms with Crippen molar-refractivity contribution in [3.05, 3.63) is 23.8 Å². The first-order chi connectivity index (χ1) is 11.5. The van der Waals surface area contributed by atoms with E-state index in [1.807, 2.05) is 6.08 Å². The van der Waals surface area contributed by atoms with E-state index in [9.17, 15) is 13.2 Å². The lowest BCUT2D eigenvalue weighted by Crippen LogP contribution is -2.31. The van der Waals surface area contributed by atoms with E-state index >= 15 is 0 Å². The second-order valence-corrected chi connectivity index (χ2v) is 8.88.